The first kappa shape index (κ1) is 10.3. The maximum Gasteiger partial charge on any atom is 0.137 e. The summed E-state index contributed by atoms with van der Waals surface area (Å²) in [5, 5.41) is 3.94. The van der Waals surface area contributed by atoms with E-state index in [9.17, 15) is 0 Å². The predicted molar refractivity (Wildman–Crippen MR) is 53.8 cm³/mol. The molecule has 0 fully saturated rings. The smallest absolute Gasteiger partial charge is 0.137 e. The van der Waals surface area contributed by atoms with Crippen LogP contribution in [0.15, 0.2) is 4.52 Å². The minimum atomic E-state index is 0.994. The van der Waals surface area contributed by atoms with Crippen molar-refractivity contribution in [1.29, 1.82) is 0 Å². The Bertz CT molecular complexity index is 233. The van der Waals surface area contributed by atoms with Crippen LogP contribution in [0.4, 0.5) is 0 Å². The Morgan fingerprint density at radius 3 is 2.46 bits per heavy atom. The van der Waals surface area contributed by atoms with E-state index < -0.39 is 0 Å². The van der Waals surface area contributed by atoms with E-state index in [0.29, 0.717) is 0 Å². The largest absolute Gasteiger partial charge is 0.361 e. The van der Waals surface area contributed by atoms with Crippen LogP contribution in [-0.2, 0) is 6.42 Å². The highest BCUT2D eigenvalue weighted by molar-refractivity contribution is 5.20. The summed E-state index contributed by atoms with van der Waals surface area (Å²) in [5.74, 6) is 0.994. The van der Waals surface area contributed by atoms with Crippen LogP contribution < -0.4 is 0 Å². The van der Waals surface area contributed by atoms with E-state index in [2.05, 4.69) is 12.1 Å². The van der Waals surface area contributed by atoms with Gasteiger partial charge in [0.2, 0.25) is 0 Å². The fourth-order valence-corrected chi connectivity index (χ4v) is 1.59. The molecule has 0 saturated carbocycles. The fraction of sp³-hybridized carbons (Fsp3) is 0.727. The van der Waals surface area contributed by atoms with Crippen LogP contribution in [-0.4, -0.2) is 5.16 Å². The van der Waals surface area contributed by atoms with Crippen LogP contribution in [0.3, 0.4) is 0 Å². The lowest BCUT2D eigenvalue weighted by Crippen LogP contribution is -1.89. The van der Waals surface area contributed by atoms with E-state index in [0.717, 1.165) is 17.9 Å². The lowest BCUT2D eigenvalue weighted by atomic mass is 10.1. The quantitative estimate of drug-likeness (QED) is 0.650. The van der Waals surface area contributed by atoms with Crippen LogP contribution in [0, 0.1) is 13.8 Å². The van der Waals surface area contributed by atoms with E-state index in [1.165, 1.54) is 31.2 Å². The molecule has 0 atom stereocenters. The Morgan fingerprint density at radius 2 is 1.92 bits per heavy atom. The molecule has 0 spiro atoms. The van der Waals surface area contributed by atoms with Gasteiger partial charge in [0, 0.05) is 5.56 Å². The molecular weight excluding hydrogens is 162 g/mol. The van der Waals surface area contributed by atoms with Crippen molar-refractivity contribution >= 4 is 0 Å². The molecule has 0 N–H and O–H groups in total. The van der Waals surface area contributed by atoms with Gasteiger partial charge in [0.05, 0.1) is 5.69 Å². The van der Waals surface area contributed by atoms with Gasteiger partial charge in [0.15, 0.2) is 0 Å². The molecule has 0 radical (unpaired) electrons. The van der Waals surface area contributed by atoms with E-state index in [-0.39, 0.29) is 0 Å². The molecule has 1 aromatic heterocycles. The zero-order valence-corrected chi connectivity index (χ0v) is 8.89. The average molecular weight is 181 g/mol. The second-order valence-electron chi connectivity index (χ2n) is 3.61. The highest BCUT2D eigenvalue weighted by Crippen LogP contribution is 2.15. The second kappa shape index (κ2) is 5.05. The van der Waals surface area contributed by atoms with Gasteiger partial charge >= 0.3 is 0 Å². The zero-order valence-electron chi connectivity index (χ0n) is 8.89. The molecule has 0 amide bonds. The molecule has 1 heterocycles. The molecule has 0 aliphatic rings. The van der Waals surface area contributed by atoms with Crippen LogP contribution in [0.1, 0.15) is 49.6 Å². The van der Waals surface area contributed by atoms with Crippen molar-refractivity contribution in [1.82, 2.24) is 5.16 Å². The Balaban J connectivity index is 2.36. The number of aromatic nitrogens is 1. The summed E-state index contributed by atoms with van der Waals surface area (Å²) in [6, 6.07) is 0. The van der Waals surface area contributed by atoms with Gasteiger partial charge in [-0.05, 0) is 26.7 Å². The van der Waals surface area contributed by atoms with Crippen molar-refractivity contribution in [2.75, 3.05) is 0 Å². The number of nitrogens with zero attached hydrogens (tertiary/aromatic N) is 1. The van der Waals surface area contributed by atoms with Crippen molar-refractivity contribution in [3.8, 4) is 0 Å². The number of hydrogen-bond acceptors (Lipinski definition) is 2. The normalized spacial score (nSPS) is 10.7. The maximum absolute atomic E-state index is 5.10. The Labute approximate surface area is 80.3 Å². The Hall–Kier alpha value is -0.790. The molecule has 0 aliphatic heterocycles. The van der Waals surface area contributed by atoms with E-state index in [1.54, 1.807) is 0 Å². The third kappa shape index (κ3) is 2.87. The molecule has 1 rings (SSSR count). The van der Waals surface area contributed by atoms with E-state index in [4.69, 9.17) is 4.52 Å². The van der Waals surface area contributed by atoms with Gasteiger partial charge in [0.25, 0.3) is 0 Å². The third-order valence-electron chi connectivity index (χ3n) is 2.46. The monoisotopic (exact) mass is 181 g/mol. The molecule has 2 heteroatoms. The SMILES string of the molecule is CCCCCCc1c(C)noc1C. The first-order chi connectivity index (χ1) is 6.25. The van der Waals surface area contributed by atoms with E-state index in [1.807, 2.05) is 13.8 Å². The van der Waals surface area contributed by atoms with Gasteiger partial charge in [-0.2, -0.15) is 0 Å². The van der Waals surface area contributed by atoms with Crippen molar-refractivity contribution in [2.24, 2.45) is 0 Å². The summed E-state index contributed by atoms with van der Waals surface area (Å²) < 4.78 is 5.10. The van der Waals surface area contributed by atoms with Crippen molar-refractivity contribution in [2.45, 2.75) is 52.9 Å². The minimum absolute atomic E-state index is 0.994. The zero-order chi connectivity index (χ0) is 9.68. The molecule has 13 heavy (non-hydrogen) atoms. The summed E-state index contributed by atoms with van der Waals surface area (Å²) in [6.07, 6.45) is 6.34. The standard InChI is InChI=1S/C11H19NO/c1-4-5-6-7-8-11-9(2)12-13-10(11)3/h4-8H2,1-3H3. The highest BCUT2D eigenvalue weighted by atomic mass is 16.5. The van der Waals surface area contributed by atoms with Crippen molar-refractivity contribution in [3.05, 3.63) is 17.0 Å². The summed E-state index contributed by atoms with van der Waals surface area (Å²) >= 11 is 0. The fourth-order valence-electron chi connectivity index (χ4n) is 1.59. The topological polar surface area (TPSA) is 26.0 Å². The molecule has 0 bridgehead atoms. The van der Waals surface area contributed by atoms with Crippen LogP contribution in [0.25, 0.3) is 0 Å². The first-order valence-corrected chi connectivity index (χ1v) is 5.17. The molecule has 74 valence electrons. The van der Waals surface area contributed by atoms with Gasteiger partial charge in [-0.25, -0.2) is 0 Å². The average Bonchev–Trinajstić information content (AvgIpc) is 2.42. The minimum Gasteiger partial charge on any atom is -0.361 e. The summed E-state index contributed by atoms with van der Waals surface area (Å²) in [5.41, 5.74) is 2.38. The lowest BCUT2D eigenvalue weighted by Gasteiger charge is -1.98. The van der Waals surface area contributed by atoms with Crippen LogP contribution in [0.5, 0.6) is 0 Å². The lowest BCUT2D eigenvalue weighted by molar-refractivity contribution is 0.392. The van der Waals surface area contributed by atoms with Gasteiger partial charge in [-0.3, -0.25) is 0 Å². The van der Waals surface area contributed by atoms with Crippen molar-refractivity contribution < 1.29 is 4.52 Å². The second-order valence-corrected chi connectivity index (χ2v) is 3.61. The predicted octanol–water partition coefficient (Wildman–Crippen LogP) is 3.41. The Morgan fingerprint density at radius 1 is 1.15 bits per heavy atom. The number of aryl methyl sites for hydroxylation is 2. The number of hydrogen-bond donors (Lipinski definition) is 0. The molecule has 0 aromatic carbocycles. The molecule has 0 saturated heterocycles. The molecule has 2 nitrogen and oxygen atoms in total. The van der Waals surface area contributed by atoms with Crippen LogP contribution >= 0.6 is 0 Å². The van der Waals surface area contributed by atoms with E-state index >= 15 is 0 Å². The molecule has 1 aromatic rings. The van der Waals surface area contributed by atoms with Gasteiger partial charge < -0.3 is 4.52 Å². The summed E-state index contributed by atoms with van der Waals surface area (Å²) in [4.78, 5) is 0. The van der Waals surface area contributed by atoms with Gasteiger partial charge in [0.1, 0.15) is 5.76 Å². The maximum atomic E-state index is 5.10. The van der Waals surface area contributed by atoms with Gasteiger partial charge in [-0.15, -0.1) is 0 Å². The van der Waals surface area contributed by atoms with Crippen molar-refractivity contribution in [3.63, 3.8) is 0 Å². The third-order valence-corrected chi connectivity index (χ3v) is 2.46. The molecule has 0 unspecified atom stereocenters. The highest BCUT2D eigenvalue weighted by Gasteiger charge is 2.07. The summed E-state index contributed by atoms with van der Waals surface area (Å²) in [7, 11) is 0. The number of unbranched alkanes of at least 4 members (excludes halogenated alkanes) is 3. The molecule has 0 aliphatic carbocycles. The first-order valence-electron chi connectivity index (χ1n) is 5.17. The van der Waals surface area contributed by atoms with Crippen LogP contribution in [0.2, 0.25) is 0 Å². The summed E-state index contributed by atoms with van der Waals surface area (Å²) in [6.45, 7) is 6.25. The number of rotatable bonds is 5. The van der Waals surface area contributed by atoms with Gasteiger partial charge in [-0.1, -0.05) is 31.3 Å². The Kier molecular flexibility index (Phi) is 4.00. The molecular formula is C11H19NO.